The molecule has 4 unspecified atom stereocenters. The molecule has 4 aromatic rings. The fourth-order valence-corrected chi connectivity index (χ4v) is 7.99. The van der Waals surface area contributed by atoms with Gasteiger partial charge in [0.2, 0.25) is 5.78 Å². The van der Waals surface area contributed by atoms with Crippen LogP contribution in [0.5, 0.6) is 0 Å². The van der Waals surface area contributed by atoms with Gasteiger partial charge >= 0.3 is 12.0 Å². The van der Waals surface area contributed by atoms with E-state index in [1.807, 2.05) is 61.9 Å². The first-order valence-corrected chi connectivity index (χ1v) is 14.4. The van der Waals surface area contributed by atoms with E-state index in [9.17, 15) is 19.5 Å². The third-order valence-corrected chi connectivity index (χ3v) is 9.84. The molecule has 7 nitrogen and oxygen atoms in total. The van der Waals surface area contributed by atoms with Gasteiger partial charge in [-0.3, -0.25) is 9.69 Å². The molecular formula is C30H30N2O5S2. The van der Waals surface area contributed by atoms with Crippen LogP contribution >= 0.6 is 22.7 Å². The van der Waals surface area contributed by atoms with Gasteiger partial charge in [-0.15, -0.1) is 22.7 Å². The van der Waals surface area contributed by atoms with Gasteiger partial charge in [-0.05, 0) is 98.5 Å². The highest BCUT2D eigenvalue weighted by Crippen LogP contribution is 2.59. The molecule has 1 aliphatic heterocycles. The number of urea groups is 1. The van der Waals surface area contributed by atoms with Crippen molar-refractivity contribution in [1.29, 1.82) is 0 Å². The van der Waals surface area contributed by atoms with Gasteiger partial charge in [-0.2, -0.15) is 0 Å². The number of furan rings is 1. The molecule has 0 saturated carbocycles. The zero-order chi connectivity index (χ0) is 28.1. The number of carbonyl (C=O) groups is 3. The van der Waals surface area contributed by atoms with Gasteiger partial charge in [0.1, 0.15) is 11.3 Å². The van der Waals surface area contributed by atoms with Crippen molar-refractivity contribution in [1.82, 2.24) is 4.90 Å². The quantitative estimate of drug-likeness (QED) is 0.239. The average Bonchev–Trinajstić information content (AvgIpc) is 3.65. The number of Topliss-reactive ketones (excluding diaryl/α,β-unsaturated/α-hetero) is 1. The van der Waals surface area contributed by atoms with Crippen molar-refractivity contribution in [2.24, 2.45) is 5.92 Å². The topological polar surface area (TPSA) is 99.9 Å². The summed E-state index contributed by atoms with van der Waals surface area (Å²) >= 11 is 2.83. The lowest BCUT2D eigenvalue weighted by atomic mass is 9.75. The Hall–Kier alpha value is -3.69. The van der Waals surface area contributed by atoms with Crippen LogP contribution in [0, 0.1) is 33.6 Å². The number of nitrogens with one attached hydrogen (secondary N) is 1. The maximum Gasteiger partial charge on any atom is 0.330 e. The minimum atomic E-state index is -1.74. The third-order valence-electron chi connectivity index (χ3n) is 7.65. The molecule has 3 aromatic heterocycles. The summed E-state index contributed by atoms with van der Waals surface area (Å²) in [5.74, 6) is -2.47. The first-order chi connectivity index (χ1) is 18.5. The highest BCUT2D eigenvalue weighted by atomic mass is 32.1. The molecule has 1 fully saturated rings. The minimum absolute atomic E-state index is 0.157. The molecule has 0 radical (unpaired) electrons. The van der Waals surface area contributed by atoms with Gasteiger partial charge in [0, 0.05) is 21.4 Å². The molecule has 2 amide bonds. The number of likely N-dealkylation sites (tertiary alicyclic amines) is 1. The first-order valence-electron chi connectivity index (χ1n) is 12.6. The van der Waals surface area contributed by atoms with Gasteiger partial charge < -0.3 is 14.8 Å². The fraction of sp³-hybridized carbons (Fsp3) is 0.300. The van der Waals surface area contributed by atoms with Crippen molar-refractivity contribution in [2.45, 2.75) is 52.1 Å². The molecule has 5 rings (SSSR count). The van der Waals surface area contributed by atoms with Gasteiger partial charge in [0.15, 0.2) is 5.76 Å². The van der Waals surface area contributed by atoms with E-state index >= 15 is 0 Å². The Morgan fingerprint density at radius 1 is 0.949 bits per heavy atom. The van der Waals surface area contributed by atoms with Crippen molar-refractivity contribution in [3.05, 3.63) is 97.3 Å². The zero-order valence-electron chi connectivity index (χ0n) is 22.3. The predicted octanol–water partition coefficient (Wildman–Crippen LogP) is 7.35. The maximum atomic E-state index is 14.3. The van der Waals surface area contributed by atoms with Crippen LogP contribution in [0.4, 0.5) is 10.5 Å². The number of nitrogens with zero attached hydrogens (tertiary/aromatic N) is 1. The van der Waals surface area contributed by atoms with Gasteiger partial charge in [-0.1, -0.05) is 12.1 Å². The van der Waals surface area contributed by atoms with Crippen molar-refractivity contribution in [3.8, 4) is 0 Å². The van der Waals surface area contributed by atoms with Gasteiger partial charge in [0.05, 0.1) is 12.0 Å². The number of benzene rings is 1. The van der Waals surface area contributed by atoms with Gasteiger partial charge in [-0.25, -0.2) is 9.59 Å². The van der Waals surface area contributed by atoms with Gasteiger partial charge in [0.25, 0.3) is 0 Å². The lowest BCUT2D eigenvalue weighted by Gasteiger charge is -2.37. The number of ketones is 1. The van der Waals surface area contributed by atoms with Crippen LogP contribution in [0.2, 0.25) is 0 Å². The van der Waals surface area contributed by atoms with Crippen molar-refractivity contribution in [2.75, 3.05) is 5.32 Å². The monoisotopic (exact) mass is 562 g/mol. The Balaban J connectivity index is 1.76. The summed E-state index contributed by atoms with van der Waals surface area (Å²) in [6, 6.07) is 13.1. The van der Waals surface area contributed by atoms with E-state index in [1.165, 1.54) is 27.6 Å². The smallest absolute Gasteiger partial charge is 0.330 e. The number of amides is 2. The van der Waals surface area contributed by atoms with E-state index in [0.717, 1.165) is 26.4 Å². The van der Waals surface area contributed by atoms with Crippen LogP contribution < -0.4 is 5.32 Å². The highest BCUT2D eigenvalue weighted by molar-refractivity contribution is 7.10. The lowest BCUT2D eigenvalue weighted by molar-refractivity contribution is -0.148. The number of carboxylic acid groups (broad SMARTS) is 1. The maximum absolute atomic E-state index is 14.3. The summed E-state index contributed by atoms with van der Waals surface area (Å²) in [5, 5.41) is 17.6. The number of rotatable bonds is 6. The predicted molar refractivity (Wildman–Crippen MR) is 153 cm³/mol. The van der Waals surface area contributed by atoms with Crippen LogP contribution in [0.15, 0.2) is 63.7 Å². The molecule has 0 spiro atoms. The number of aryl methyl sites for hydroxylation is 4. The molecule has 0 bridgehead atoms. The Labute approximate surface area is 235 Å². The van der Waals surface area contributed by atoms with E-state index in [-0.39, 0.29) is 11.5 Å². The SMILES string of the molecule is Cc1cccc(NC(=O)N2C(c3sccc3C)C(C(=O)c3ccc(C)o3)C(c3sccc3C)C2(C)C(=O)O)c1. The number of hydrogen-bond donors (Lipinski definition) is 2. The molecular weight excluding hydrogens is 532 g/mol. The van der Waals surface area contributed by atoms with Crippen LogP contribution in [0.1, 0.15) is 61.6 Å². The Bertz CT molecular complexity index is 1570. The first kappa shape index (κ1) is 26.9. The number of aliphatic carboxylic acids is 1. The summed E-state index contributed by atoms with van der Waals surface area (Å²) in [6.45, 7) is 9.07. The average molecular weight is 563 g/mol. The van der Waals surface area contributed by atoms with Crippen molar-refractivity contribution < 1.29 is 23.9 Å². The molecule has 202 valence electrons. The van der Waals surface area contributed by atoms with E-state index in [4.69, 9.17) is 4.42 Å². The molecule has 9 heteroatoms. The normalized spacial score (nSPS) is 22.7. The van der Waals surface area contributed by atoms with Crippen molar-refractivity contribution in [3.63, 3.8) is 0 Å². The van der Waals surface area contributed by atoms with Crippen LogP contribution in [-0.2, 0) is 4.79 Å². The summed E-state index contributed by atoms with van der Waals surface area (Å²) in [7, 11) is 0. The fourth-order valence-electron chi connectivity index (χ4n) is 5.73. The molecule has 39 heavy (non-hydrogen) atoms. The standard InChI is InChI=1S/C30H30N2O5S2/c1-16-7-6-8-20(15-16)31-29(36)32-24(27-18(3)12-14-39-27)22(25(33)21-10-9-19(4)37-21)23(30(32,5)28(34)35)26-17(2)11-13-38-26/h6-15,22-24H,1-5H3,(H,31,36)(H,34,35). The van der Waals surface area contributed by atoms with Crippen LogP contribution in [0.3, 0.4) is 0 Å². The molecule has 1 aromatic carbocycles. The van der Waals surface area contributed by atoms with Crippen LogP contribution in [0.25, 0.3) is 0 Å². The molecule has 1 saturated heterocycles. The van der Waals surface area contributed by atoms with Crippen LogP contribution in [-0.4, -0.2) is 33.3 Å². The molecule has 0 aliphatic carbocycles. The summed E-state index contributed by atoms with van der Waals surface area (Å²) in [4.78, 5) is 44.8. The second-order valence-electron chi connectivity index (χ2n) is 10.3. The van der Waals surface area contributed by atoms with E-state index < -0.39 is 35.4 Å². The summed E-state index contributed by atoms with van der Waals surface area (Å²) in [5.41, 5.74) is 1.53. The Kier molecular flexibility index (Phi) is 6.99. The number of anilines is 1. The second kappa shape index (κ2) is 10.1. The minimum Gasteiger partial charge on any atom is -0.479 e. The Morgan fingerprint density at radius 2 is 1.62 bits per heavy atom. The zero-order valence-corrected chi connectivity index (χ0v) is 24.0. The van der Waals surface area contributed by atoms with E-state index in [0.29, 0.717) is 11.4 Å². The summed E-state index contributed by atoms with van der Waals surface area (Å²) in [6.07, 6.45) is 0. The number of carboxylic acids is 1. The summed E-state index contributed by atoms with van der Waals surface area (Å²) < 4.78 is 5.77. The molecule has 4 atom stereocenters. The molecule has 2 N–H and O–H groups in total. The van der Waals surface area contributed by atoms with E-state index in [2.05, 4.69) is 5.32 Å². The second-order valence-corrected chi connectivity index (χ2v) is 12.2. The molecule has 1 aliphatic rings. The third kappa shape index (κ3) is 4.49. The van der Waals surface area contributed by atoms with Crippen molar-refractivity contribution >= 4 is 46.1 Å². The van der Waals surface area contributed by atoms with E-state index in [1.54, 1.807) is 32.0 Å². The number of carbonyl (C=O) groups excluding carboxylic acids is 2. The Morgan fingerprint density at radius 3 is 2.15 bits per heavy atom. The lowest BCUT2D eigenvalue weighted by Crippen LogP contribution is -2.55. The number of hydrogen-bond acceptors (Lipinski definition) is 6. The largest absolute Gasteiger partial charge is 0.479 e. The highest BCUT2D eigenvalue weighted by Gasteiger charge is 2.66. The molecule has 4 heterocycles. The number of thiophene rings is 2.